The van der Waals surface area contributed by atoms with E-state index in [9.17, 15) is 4.79 Å². The van der Waals surface area contributed by atoms with Crippen molar-refractivity contribution in [1.29, 1.82) is 0 Å². The quantitative estimate of drug-likeness (QED) is 0.826. The number of rotatable bonds is 5. The number of nitrogens with one attached hydrogen (secondary N) is 1. The van der Waals surface area contributed by atoms with Gasteiger partial charge in [0.1, 0.15) is 5.75 Å². The van der Waals surface area contributed by atoms with E-state index in [1.165, 1.54) is 11.3 Å². The van der Waals surface area contributed by atoms with Gasteiger partial charge in [0, 0.05) is 17.1 Å². The summed E-state index contributed by atoms with van der Waals surface area (Å²) in [6, 6.07) is 9.26. The van der Waals surface area contributed by atoms with Crippen LogP contribution in [0.5, 0.6) is 5.75 Å². The van der Waals surface area contributed by atoms with Crippen LogP contribution in [0.15, 0.2) is 39.5 Å². The minimum absolute atomic E-state index is 0.118. The predicted molar refractivity (Wildman–Crippen MR) is 86.8 cm³/mol. The van der Waals surface area contributed by atoms with Gasteiger partial charge >= 0.3 is 0 Å². The third-order valence-corrected chi connectivity index (χ3v) is 4.34. The highest BCUT2D eigenvalue weighted by molar-refractivity contribution is 9.11. The van der Waals surface area contributed by atoms with E-state index < -0.39 is 0 Å². The van der Waals surface area contributed by atoms with Gasteiger partial charge < -0.3 is 10.1 Å². The Morgan fingerprint density at radius 2 is 2.25 bits per heavy atom. The zero-order valence-corrected chi connectivity index (χ0v) is 13.8. The first-order valence-electron chi connectivity index (χ1n) is 6.40. The van der Waals surface area contributed by atoms with E-state index >= 15 is 0 Å². The maximum atomic E-state index is 12.1. The molecule has 0 fully saturated rings. The molecule has 106 valence electrons. The molecule has 1 amide bonds. The molecule has 1 aromatic carbocycles. The maximum absolute atomic E-state index is 12.1. The zero-order chi connectivity index (χ0) is 14.5. The number of halogens is 1. The number of thiophene rings is 1. The Morgan fingerprint density at radius 3 is 2.90 bits per heavy atom. The molecule has 0 saturated heterocycles. The first kappa shape index (κ1) is 15.1. The van der Waals surface area contributed by atoms with Gasteiger partial charge in [0.2, 0.25) is 0 Å². The van der Waals surface area contributed by atoms with Crippen LogP contribution in [0.2, 0.25) is 0 Å². The molecule has 0 aliphatic rings. The number of hydrogen-bond donors (Lipinski definition) is 1. The lowest BCUT2D eigenvalue weighted by Crippen LogP contribution is -2.12. The Labute approximate surface area is 131 Å². The number of benzene rings is 1. The molecular formula is C15H16BrNO2S. The van der Waals surface area contributed by atoms with Gasteiger partial charge in [-0.25, -0.2) is 0 Å². The molecule has 0 aliphatic heterocycles. The Morgan fingerprint density at radius 1 is 1.45 bits per heavy atom. The second-order valence-corrected chi connectivity index (χ2v) is 6.75. The van der Waals surface area contributed by atoms with Crippen LogP contribution in [0, 0.1) is 0 Å². The van der Waals surface area contributed by atoms with Crippen molar-refractivity contribution in [1.82, 2.24) is 0 Å². The number of hydrogen-bond acceptors (Lipinski definition) is 3. The smallest absolute Gasteiger partial charge is 0.256 e. The van der Waals surface area contributed by atoms with Gasteiger partial charge in [0.15, 0.2) is 0 Å². The fourth-order valence-electron chi connectivity index (χ4n) is 1.60. The van der Waals surface area contributed by atoms with Crippen molar-refractivity contribution in [2.24, 2.45) is 0 Å². The van der Waals surface area contributed by atoms with E-state index in [1.54, 1.807) is 6.07 Å². The Balaban J connectivity index is 2.06. The van der Waals surface area contributed by atoms with Crippen LogP contribution in [0.25, 0.3) is 0 Å². The summed E-state index contributed by atoms with van der Waals surface area (Å²) in [5.41, 5.74) is 1.38. The Kier molecular flexibility index (Phi) is 5.20. The summed E-state index contributed by atoms with van der Waals surface area (Å²) >= 11 is 4.84. The van der Waals surface area contributed by atoms with E-state index in [1.807, 2.05) is 36.6 Å². The standard InChI is InChI=1S/C15H16BrNO2S/c1-3-10(2)19-13-6-4-5-12(8-13)17-15(18)11-7-14(16)20-9-11/h4-10H,3H2,1-2H3,(H,17,18). The largest absolute Gasteiger partial charge is 0.491 e. The van der Waals surface area contributed by atoms with Crippen molar-refractivity contribution >= 4 is 38.9 Å². The highest BCUT2D eigenvalue weighted by Crippen LogP contribution is 2.23. The lowest BCUT2D eigenvalue weighted by atomic mass is 10.2. The highest BCUT2D eigenvalue weighted by Gasteiger charge is 2.09. The van der Waals surface area contributed by atoms with E-state index in [-0.39, 0.29) is 12.0 Å². The zero-order valence-electron chi connectivity index (χ0n) is 11.4. The molecule has 2 aromatic rings. The number of anilines is 1. The van der Waals surface area contributed by atoms with Crippen LogP contribution < -0.4 is 10.1 Å². The lowest BCUT2D eigenvalue weighted by molar-refractivity contribution is 0.102. The van der Waals surface area contributed by atoms with Crippen molar-refractivity contribution in [2.75, 3.05) is 5.32 Å². The average molecular weight is 354 g/mol. The molecule has 1 aromatic heterocycles. The van der Waals surface area contributed by atoms with Crippen molar-refractivity contribution in [3.05, 3.63) is 45.1 Å². The molecule has 1 heterocycles. The summed E-state index contributed by atoms with van der Waals surface area (Å²) in [6.45, 7) is 4.10. The normalized spacial score (nSPS) is 11.9. The Bertz CT molecular complexity index is 597. The predicted octanol–water partition coefficient (Wildman–Crippen LogP) is 4.94. The molecule has 5 heteroatoms. The number of ether oxygens (including phenoxy) is 1. The van der Waals surface area contributed by atoms with E-state index in [0.717, 1.165) is 21.6 Å². The number of amides is 1. The highest BCUT2D eigenvalue weighted by atomic mass is 79.9. The first-order chi connectivity index (χ1) is 9.58. The van der Waals surface area contributed by atoms with Gasteiger partial charge in [0.25, 0.3) is 5.91 Å². The summed E-state index contributed by atoms with van der Waals surface area (Å²) < 4.78 is 6.68. The molecule has 20 heavy (non-hydrogen) atoms. The molecule has 0 bridgehead atoms. The average Bonchev–Trinajstić information content (AvgIpc) is 2.86. The number of carbonyl (C=O) groups excluding carboxylic acids is 1. The van der Waals surface area contributed by atoms with Gasteiger partial charge in [-0.05, 0) is 47.5 Å². The van der Waals surface area contributed by atoms with Crippen LogP contribution in [0.4, 0.5) is 5.69 Å². The number of carbonyl (C=O) groups is 1. The van der Waals surface area contributed by atoms with Crippen molar-refractivity contribution in [3.63, 3.8) is 0 Å². The first-order valence-corrected chi connectivity index (χ1v) is 8.08. The van der Waals surface area contributed by atoms with E-state index in [4.69, 9.17) is 4.74 Å². The topological polar surface area (TPSA) is 38.3 Å². The lowest BCUT2D eigenvalue weighted by Gasteiger charge is -2.13. The molecule has 0 spiro atoms. The minimum Gasteiger partial charge on any atom is -0.491 e. The SMILES string of the molecule is CCC(C)Oc1cccc(NC(=O)c2csc(Br)c2)c1. The molecule has 1 N–H and O–H groups in total. The Hall–Kier alpha value is -1.33. The second kappa shape index (κ2) is 6.90. The fourth-order valence-corrected chi connectivity index (χ4v) is 2.73. The second-order valence-electron chi connectivity index (χ2n) is 4.46. The van der Waals surface area contributed by atoms with Gasteiger partial charge in [-0.15, -0.1) is 11.3 Å². The summed E-state index contributed by atoms with van der Waals surface area (Å²) in [5.74, 6) is 0.649. The summed E-state index contributed by atoms with van der Waals surface area (Å²) in [6.07, 6.45) is 1.10. The van der Waals surface area contributed by atoms with Crippen LogP contribution >= 0.6 is 27.3 Å². The molecule has 3 nitrogen and oxygen atoms in total. The van der Waals surface area contributed by atoms with E-state index in [2.05, 4.69) is 28.2 Å². The van der Waals surface area contributed by atoms with Crippen LogP contribution in [0.3, 0.4) is 0 Å². The van der Waals surface area contributed by atoms with Crippen molar-refractivity contribution < 1.29 is 9.53 Å². The maximum Gasteiger partial charge on any atom is 0.256 e. The molecule has 0 radical (unpaired) electrons. The fraction of sp³-hybridized carbons (Fsp3) is 0.267. The summed E-state index contributed by atoms with van der Waals surface area (Å²) in [5, 5.41) is 4.69. The summed E-state index contributed by atoms with van der Waals surface area (Å²) in [7, 11) is 0. The molecule has 0 aliphatic carbocycles. The van der Waals surface area contributed by atoms with E-state index in [0.29, 0.717) is 5.56 Å². The minimum atomic E-state index is -0.118. The van der Waals surface area contributed by atoms with Crippen molar-refractivity contribution in [3.8, 4) is 5.75 Å². The molecular weight excluding hydrogens is 338 g/mol. The van der Waals surface area contributed by atoms with Gasteiger partial charge in [0.05, 0.1) is 15.5 Å². The molecule has 1 unspecified atom stereocenters. The van der Waals surface area contributed by atoms with Gasteiger partial charge in [-0.2, -0.15) is 0 Å². The van der Waals surface area contributed by atoms with Crippen LogP contribution in [-0.2, 0) is 0 Å². The third-order valence-electron chi connectivity index (χ3n) is 2.83. The van der Waals surface area contributed by atoms with Crippen molar-refractivity contribution in [2.45, 2.75) is 26.4 Å². The molecule has 1 atom stereocenters. The van der Waals surface area contributed by atoms with Gasteiger partial charge in [-0.3, -0.25) is 4.79 Å². The third kappa shape index (κ3) is 4.08. The van der Waals surface area contributed by atoms with Crippen LogP contribution in [-0.4, -0.2) is 12.0 Å². The molecule has 2 rings (SSSR count). The molecule has 0 saturated carbocycles. The summed E-state index contributed by atoms with van der Waals surface area (Å²) in [4.78, 5) is 12.1. The monoisotopic (exact) mass is 353 g/mol. The van der Waals surface area contributed by atoms with Gasteiger partial charge in [-0.1, -0.05) is 13.0 Å². The van der Waals surface area contributed by atoms with Crippen LogP contribution in [0.1, 0.15) is 30.6 Å².